The molecule has 2 aromatic rings. The van der Waals surface area contributed by atoms with Crippen LogP contribution in [-0.4, -0.2) is 22.1 Å². The second-order valence-corrected chi connectivity index (χ2v) is 5.42. The van der Waals surface area contributed by atoms with Crippen molar-refractivity contribution in [1.29, 1.82) is 0 Å². The number of hydrogen-bond donors (Lipinski definition) is 2. The van der Waals surface area contributed by atoms with E-state index in [1.165, 1.54) is 6.39 Å². The minimum absolute atomic E-state index is 0.0698. The molecule has 0 radical (unpaired) electrons. The number of nitrogens with two attached hydrogens (primary N) is 1. The molecule has 6 heteroatoms. The molecule has 1 amide bonds. The summed E-state index contributed by atoms with van der Waals surface area (Å²) in [5.74, 6) is 0.613. The highest BCUT2D eigenvalue weighted by atomic mass is 16.4. The first-order valence-corrected chi connectivity index (χ1v) is 7.15. The van der Waals surface area contributed by atoms with Gasteiger partial charge in [-0.3, -0.25) is 4.79 Å². The van der Waals surface area contributed by atoms with Crippen LogP contribution in [0.3, 0.4) is 0 Å². The zero-order chi connectivity index (χ0) is 14.7. The smallest absolute Gasteiger partial charge is 0.247 e. The van der Waals surface area contributed by atoms with Gasteiger partial charge in [-0.05, 0) is 49.9 Å². The Morgan fingerprint density at radius 2 is 1.90 bits per heavy atom. The van der Waals surface area contributed by atoms with E-state index in [2.05, 4.69) is 15.5 Å². The Balaban J connectivity index is 1.61. The predicted octanol–water partition coefficient (Wildman–Crippen LogP) is 2.19. The van der Waals surface area contributed by atoms with Crippen LogP contribution in [0.4, 0.5) is 5.69 Å². The Kier molecular flexibility index (Phi) is 3.96. The molecule has 1 heterocycles. The van der Waals surface area contributed by atoms with Crippen molar-refractivity contribution in [3.05, 3.63) is 30.7 Å². The molecule has 110 valence electrons. The Bertz CT molecular complexity index is 587. The summed E-state index contributed by atoms with van der Waals surface area (Å²) < 4.78 is 5.12. The number of carbonyl (C=O) groups excluding carboxylic acids is 1. The van der Waals surface area contributed by atoms with Crippen LogP contribution >= 0.6 is 0 Å². The number of benzene rings is 1. The molecule has 0 atom stereocenters. The topological polar surface area (TPSA) is 94.0 Å². The van der Waals surface area contributed by atoms with Crippen molar-refractivity contribution in [1.82, 2.24) is 10.2 Å². The van der Waals surface area contributed by atoms with Crippen LogP contribution < -0.4 is 11.1 Å². The standard InChI is InChI=1S/C15H18N4O2/c16-12-5-1-10(2-6-12)14(20)18-13-7-3-11(4-8-13)15-19-17-9-21-15/h3-4,7-10,12H,1-2,5-6,16H2,(H,18,20). The first kappa shape index (κ1) is 13.8. The van der Waals surface area contributed by atoms with Gasteiger partial charge in [0.2, 0.25) is 18.2 Å². The average molecular weight is 286 g/mol. The molecule has 0 unspecified atom stereocenters. The normalized spacial score (nSPS) is 22.0. The summed E-state index contributed by atoms with van der Waals surface area (Å²) >= 11 is 0. The summed E-state index contributed by atoms with van der Waals surface area (Å²) in [6, 6.07) is 7.63. The van der Waals surface area contributed by atoms with Gasteiger partial charge in [0, 0.05) is 23.2 Å². The van der Waals surface area contributed by atoms with E-state index in [-0.39, 0.29) is 17.9 Å². The van der Waals surface area contributed by atoms with Crippen molar-refractivity contribution in [2.45, 2.75) is 31.7 Å². The monoisotopic (exact) mass is 286 g/mol. The SMILES string of the molecule is NC1CCC(C(=O)Nc2ccc(-c3nnco3)cc2)CC1. The summed E-state index contributed by atoms with van der Waals surface area (Å²) in [7, 11) is 0. The first-order chi connectivity index (χ1) is 10.2. The van der Waals surface area contributed by atoms with Gasteiger partial charge in [0.1, 0.15) is 0 Å². The molecule has 0 bridgehead atoms. The van der Waals surface area contributed by atoms with E-state index in [1.807, 2.05) is 24.3 Å². The van der Waals surface area contributed by atoms with Gasteiger partial charge in [-0.1, -0.05) is 0 Å². The molecule has 6 nitrogen and oxygen atoms in total. The number of hydrogen-bond acceptors (Lipinski definition) is 5. The fourth-order valence-electron chi connectivity index (χ4n) is 2.62. The molecule has 1 aromatic carbocycles. The number of nitrogens with one attached hydrogen (secondary N) is 1. The maximum atomic E-state index is 12.2. The quantitative estimate of drug-likeness (QED) is 0.902. The Labute approximate surface area is 122 Å². The van der Waals surface area contributed by atoms with Crippen molar-refractivity contribution in [2.75, 3.05) is 5.32 Å². The summed E-state index contributed by atoms with van der Waals surface area (Å²) in [5.41, 5.74) is 7.47. The summed E-state index contributed by atoms with van der Waals surface area (Å²) in [5, 5.41) is 10.4. The Morgan fingerprint density at radius 1 is 1.19 bits per heavy atom. The van der Waals surface area contributed by atoms with E-state index in [0.29, 0.717) is 5.89 Å². The van der Waals surface area contributed by atoms with Gasteiger partial charge in [-0.25, -0.2) is 0 Å². The van der Waals surface area contributed by atoms with Crippen LogP contribution in [0.2, 0.25) is 0 Å². The predicted molar refractivity (Wildman–Crippen MR) is 78.3 cm³/mol. The third-order valence-corrected chi connectivity index (χ3v) is 3.90. The highest BCUT2D eigenvalue weighted by Crippen LogP contribution is 2.25. The van der Waals surface area contributed by atoms with Crippen LogP contribution in [-0.2, 0) is 4.79 Å². The summed E-state index contributed by atoms with van der Waals surface area (Å²) in [6.07, 6.45) is 4.88. The van der Waals surface area contributed by atoms with Crippen molar-refractivity contribution in [2.24, 2.45) is 11.7 Å². The van der Waals surface area contributed by atoms with E-state index < -0.39 is 0 Å². The molecule has 0 saturated heterocycles. The van der Waals surface area contributed by atoms with Crippen molar-refractivity contribution in [3.63, 3.8) is 0 Å². The van der Waals surface area contributed by atoms with Crippen LogP contribution in [0.25, 0.3) is 11.5 Å². The van der Waals surface area contributed by atoms with Crippen molar-refractivity contribution in [3.8, 4) is 11.5 Å². The van der Waals surface area contributed by atoms with Crippen LogP contribution in [0.15, 0.2) is 35.1 Å². The van der Waals surface area contributed by atoms with Gasteiger partial charge in [-0.15, -0.1) is 10.2 Å². The van der Waals surface area contributed by atoms with Crippen LogP contribution in [0.5, 0.6) is 0 Å². The molecule has 1 saturated carbocycles. The van der Waals surface area contributed by atoms with Crippen LogP contribution in [0.1, 0.15) is 25.7 Å². The molecule has 3 rings (SSSR count). The fraction of sp³-hybridized carbons (Fsp3) is 0.400. The van der Waals surface area contributed by atoms with Gasteiger partial charge in [0.05, 0.1) is 0 Å². The highest BCUT2D eigenvalue weighted by Gasteiger charge is 2.24. The third kappa shape index (κ3) is 3.28. The largest absolute Gasteiger partial charge is 0.423 e. The molecule has 1 aliphatic rings. The fourth-order valence-corrected chi connectivity index (χ4v) is 2.62. The number of rotatable bonds is 3. The zero-order valence-electron chi connectivity index (χ0n) is 11.7. The number of carbonyl (C=O) groups is 1. The van der Waals surface area contributed by atoms with E-state index in [9.17, 15) is 4.79 Å². The lowest BCUT2D eigenvalue weighted by Gasteiger charge is -2.25. The Morgan fingerprint density at radius 3 is 2.52 bits per heavy atom. The zero-order valence-corrected chi connectivity index (χ0v) is 11.7. The second kappa shape index (κ2) is 6.05. The Hall–Kier alpha value is -2.21. The summed E-state index contributed by atoms with van der Waals surface area (Å²) in [4.78, 5) is 12.2. The minimum atomic E-state index is 0.0698. The number of amides is 1. The first-order valence-electron chi connectivity index (χ1n) is 7.15. The molecule has 21 heavy (non-hydrogen) atoms. The molecule has 3 N–H and O–H groups in total. The molecule has 0 spiro atoms. The van der Waals surface area contributed by atoms with Crippen molar-refractivity contribution >= 4 is 11.6 Å². The lowest BCUT2D eigenvalue weighted by Crippen LogP contribution is -2.32. The lowest BCUT2D eigenvalue weighted by atomic mass is 9.86. The minimum Gasteiger partial charge on any atom is -0.423 e. The van der Waals surface area contributed by atoms with Gasteiger partial charge >= 0.3 is 0 Å². The maximum Gasteiger partial charge on any atom is 0.247 e. The molecular formula is C15H18N4O2. The lowest BCUT2D eigenvalue weighted by molar-refractivity contribution is -0.120. The van der Waals surface area contributed by atoms with E-state index in [0.717, 1.165) is 36.9 Å². The number of anilines is 1. The second-order valence-electron chi connectivity index (χ2n) is 5.42. The van der Waals surface area contributed by atoms with Gasteiger partial charge < -0.3 is 15.5 Å². The van der Waals surface area contributed by atoms with Crippen LogP contribution in [0, 0.1) is 5.92 Å². The number of aromatic nitrogens is 2. The molecule has 1 aromatic heterocycles. The van der Waals surface area contributed by atoms with E-state index >= 15 is 0 Å². The number of nitrogens with zero attached hydrogens (tertiary/aromatic N) is 2. The van der Waals surface area contributed by atoms with Gasteiger partial charge in [-0.2, -0.15) is 0 Å². The van der Waals surface area contributed by atoms with E-state index in [4.69, 9.17) is 10.2 Å². The summed E-state index contributed by atoms with van der Waals surface area (Å²) in [6.45, 7) is 0. The van der Waals surface area contributed by atoms with Gasteiger partial charge in [0.25, 0.3) is 0 Å². The molecule has 1 aliphatic carbocycles. The third-order valence-electron chi connectivity index (χ3n) is 3.90. The molecule has 1 fully saturated rings. The van der Waals surface area contributed by atoms with Crippen molar-refractivity contribution < 1.29 is 9.21 Å². The van der Waals surface area contributed by atoms with E-state index in [1.54, 1.807) is 0 Å². The molecule has 0 aliphatic heterocycles. The average Bonchev–Trinajstić information content (AvgIpc) is 3.03. The maximum absolute atomic E-state index is 12.2. The van der Waals surface area contributed by atoms with Gasteiger partial charge in [0.15, 0.2) is 0 Å². The highest BCUT2D eigenvalue weighted by molar-refractivity contribution is 5.92. The molecular weight excluding hydrogens is 268 g/mol.